The van der Waals surface area contributed by atoms with Gasteiger partial charge in [0.25, 0.3) is 0 Å². The van der Waals surface area contributed by atoms with E-state index in [-0.39, 0.29) is 13.0 Å². The lowest BCUT2D eigenvalue weighted by Gasteiger charge is -2.33. The summed E-state index contributed by atoms with van der Waals surface area (Å²) in [5.41, 5.74) is 0. The molecule has 2 unspecified atom stereocenters. The van der Waals surface area contributed by atoms with E-state index in [2.05, 4.69) is 5.32 Å². The van der Waals surface area contributed by atoms with Gasteiger partial charge in [0.1, 0.15) is 6.61 Å². The summed E-state index contributed by atoms with van der Waals surface area (Å²) in [5, 5.41) is 2.43. The smallest absolute Gasteiger partial charge is 0.372 e. The van der Waals surface area contributed by atoms with E-state index >= 15 is 0 Å². The van der Waals surface area contributed by atoms with Gasteiger partial charge in [-0.3, -0.25) is 4.79 Å². The molecule has 0 aliphatic heterocycles. The molecular weight excluding hydrogens is 235 g/mol. The molecule has 1 aliphatic rings. The molecule has 6 heteroatoms. The number of carbonyl (C=O) groups excluding carboxylic acids is 1. The van der Waals surface area contributed by atoms with Gasteiger partial charge in [-0.05, 0) is 19.8 Å². The summed E-state index contributed by atoms with van der Waals surface area (Å²) in [6, 6.07) is -0.795. The highest BCUT2D eigenvalue weighted by atomic mass is 19.4. The highest BCUT2D eigenvalue weighted by Gasteiger charge is 2.45. The van der Waals surface area contributed by atoms with Gasteiger partial charge in [0.15, 0.2) is 0 Å². The Labute approximate surface area is 98.7 Å². The molecule has 0 aromatic carbocycles. The van der Waals surface area contributed by atoms with E-state index in [9.17, 15) is 18.0 Å². The van der Waals surface area contributed by atoms with Gasteiger partial charge in [-0.2, -0.15) is 13.2 Å². The second-order valence-corrected chi connectivity index (χ2v) is 4.24. The maximum Gasteiger partial charge on any atom is 0.393 e. The Morgan fingerprint density at radius 2 is 2.00 bits per heavy atom. The van der Waals surface area contributed by atoms with Crippen LogP contribution < -0.4 is 5.32 Å². The predicted molar refractivity (Wildman–Crippen MR) is 56.4 cm³/mol. The molecule has 17 heavy (non-hydrogen) atoms. The maximum absolute atomic E-state index is 12.7. The zero-order valence-corrected chi connectivity index (χ0v) is 9.85. The first kappa shape index (κ1) is 14.3. The van der Waals surface area contributed by atoms with Crippen molar-refractivity contribution in [2.24, 2.45) is 5.92 Å². The van der Waals surface area contributed by atoms with Crippen molar-refractivity contribution >= 4 is 5.91 Å². The summed E-state index contributed by atoms with van der Waals surface area (Å²) in [6.07, 6.45) is -2.44. The molecule has 0 bridgehead atoms. The Balaban J connectivity index is 2.51. The number of ether oxygens (including phenoxy) is 1. The summed E-state index contributed by atoms with van der Waals surface area (Å²) in [6.45, 7) is 1.94. The quantitative estimate of drug-likeness (QED) is 0.834. The van der Waals surface area contributed by atoms with E-state index in [0.717, 1.165) is 6.42 Å². The first-order valence-electron chi connectivity index (χ1n) is 5.89. The molecule has 3 nitrogen and oxygen atoms in total. The van der Waals surface area contributed by atoms with Crippen LogP contribution in [0.3, 0.4) is 0 Å². The van der Waals surface area contributed by atoms with Crippen LogP contribution in [0.15, 0.2) is 0 Å². The van der Waals surface area contributed by atoms with Crippen LogP contribution in [0.25, 0.3) is 0 Å². The van der Waals surface area contributed by atoms with Gasteiger partial charge in [0.2, 0.25) is 5.91 Å². The summed E-state index contributed by atoms with van der Waals surface area (Å²) in [4.78, 5) is 11.3. The zero-order valence-electron chi connectivity index (χ0n) is 9.85. The lowest BCUT2D eigenvalue weighted by molar-refractivity contribution is -0.189. The van der Waals surface area contributed by atoms with Gasteiger partial charge in [0.05, 0.1) is 5.92 Å². The second-order valence-electron chi connectivity index (χ2n) is 4.24. The predicted octanol–water partition coefficient (Wildman–Crippen LogP) is 2.26. The zero-order chi connectivity index (χ0) is 12.9. The van der Waals surface area contributed by atoms with Gasteiger partial charge in [-0.25, -0.2) is 0 Å². The van der Waals surface area contributed by atoms with Crippen LogP contribution in [0.1, 0.15) is 32.6 Å². The van der Waals surface area contributed by atoms with Gasteiger partial charge in [0, 0.05) is 12.6 Å². The summed E-state index contributed by atoms with van der Waals surface area (Å²) < 4.78 is 43.0. The largest absolute Gasteiger partial charge is 0.393 e. The number of amides is 1. The van der Waals surface area contributed by atoms with Crippen molar-refractivity contribution in [2.75, 3.05) is 13.2 Å². The standard InChI is InChI=1S/C11H18F3NO2/c1-2-17-7-10(16)15-9-6-4-3-5-8(9)11(12,13)14/h8-9H,2-7H2,1H3,(H,15,16). The van der Waals surface area contributed by atoms with Crippen molar-refractivity contribution in [1.29, 1.82) is 0 Å². The number of nitrogens with one attached hydrogen (secondary N) is 1. The molecule has 0 spiro atoms. The molecule has 1 fully saturated rings. The number of rotatable bonds is 4. The Morgan fingerprint density at radius 1 is 1.35 bits per heavy atom. The minimum absolute atomic E-state index is 0.100. The Hall–Kier alpha value is -0.780. The molecular formula is C11H18F3NO2. The van der Waals surface area contributed by atoms with Crippen molar-refractivity contribution < 1.29 is 22.7 Å². The van der Waals surface area contributed by atoms with Crippen molar-refractivity contribution in [3.8, 4) is 0 Å². The molecule has 100 valence electrons. The van der Waals surface area contributed by atoms with Crippen LogP contribution in [0.2, 0.25) is 0 Å². The van der Waals surface area contributed by atoms with Gasteiger partial charge in [-0.1, -0.05) is 12.8 Å². The molecule has 0 heterocycles. The van der Waals surface area contributed by atoms with Crippen molar-refractivity contribution in [3.63, 3.8) is 0 Å². The third-order valence-electron chi connectivity index (χ3n) is 2.97. The topological polar surface area (TPSA) is 38.3 Å². The molecule has 0 saturated heterocycles. The number of halogens is 3. The molecule has 0 aromatic heterocycles. The molecule has 1 N–H and O–H groups in total. The van der Waals surface area contributed by atoms with Crippen LogP contribution in [0.5, 0.6) is 0 Å². The third kappa shape index (κ3) is 4.53. The molecule has 1 amide bonds. The van der Waals surface area contributed by atoms with E-state index in [1.807, 2.05) is 0 Å². The molecule has 0 radical (unpaired) electrons. The maximum atomic E-state index is 12.7. The highest BCUT2D eigenvalue weighted by molar-refractivity contribution is 5.77. The van der Waals surface area contributed by atoms with Crippen molar-refractivity contribution in [3.05, 3.63) is 0 Å². The lowest BCUT2D eigenvalue weighted by atomic mass is 9.84. The first-order valence-corrected chi connectivity index (χ1v) is 5.89. The molecule has 0 aromatic rings. The normalized spacial score (nSPS) is 25.6. The monoisotopic (exact) mass is 253 g/mol. The van der Waals surface area contributed by atoms with Crippen LogP contribution in [-0.4, -0.2) is 31.3 Å². The SMILES string of the molecule is CCOCC(=O)NC1CCCCC1C(F)(F)F. The number of alkyl halides is 3. The van der Waals surface area contributed by atoms with E-state index < -0.39 is 24.0 Å². The molecule has 1 aliphatic carbocycles. The van der Waals surface area contributed by atoms with Gasteiger partial charge >= 0.3 is 6.18 Å². The number of carbonyl (C=O) groups is 1. The fourth-order valence-corrected chi connectivity index (χ4v) is 2.14. The molecule has 2 atom stereocenters. The van der Waals surface area contributed by atoms with E-state index in [0.29, 0.717) is 19.4 Å². The Kier molecular flexibility index (Phi) is 5.24. The summed E-state index contributed by atoms with van der Waals surface area (Å²) in [7, 11) is 0. The average Bonchev–Trinajstić information content (AvgIpc) is 2.25. The van der Waals surface area contributed by atoms with Gasteiger partial charge < -0.3 is 10.1 Å². The van der Waals surface area contributed by atoms with Crippen molar-refractivity contribution in [2.45, 2.75) is 44.8 Å². The first-order chi connectivity index (χ1) is 7.95. The van der Waals surface area contributed by atoms with E-state index in [1.54, 1.807) is 6.92 Å². The minimum atomic E-state index is -4.23. The van der Waals surface area contributed by atoms with Crippen LogP contribution >= 0.6 is 0 Å². The molecule has 1 rings (SSSR count). The lowest BCUT2D eigenvalue weighted by Crippen LogP contribution is -2.48. The summed E-state index contributed by atoms with van der Waals surface area (Å²) >= 11 is 0. The van der Waals surface area contributed by atoms with Crippen LogP contribution in [0.4, 0.5) is 13.2 Å². The Morgan fingerprint density at radius 3 is 2.59 bits per heavy atom. The number of hydrogen-bond acceptors (Lipinski definition) is 2. The summed E-state index contributed by atoms with van der Waals surface area (Å²) in [5.74, 6) is -1.88. The van der Waals surface area contributed by atoms with E-state index in [1.165, 1.54) is 0 Å². The second kappa shape index (κ2) is 6.23. The average molecular weight is 253 g/mol. The van der Waals surface area contributed by atoms with E-state index in [4.69, 9.17) is 4.74 Å². The number of hydrogen-bond donors (Lipinski definition) is 1. The van der Waals surface area contributed by atoms with Crippen LogP contribution in [0, 0.1) is 5.92 Å². The van der Waals surface area contributed by atoms with Gasteiger partial charge in [-0.15, -0.1) is 0 Å². The fraction of sp³-hybridized carbons (Fsp3) is 0.909. The minimum Gasteiger partial charge on any atom is -0.372 e. The fourth-order valence-electron chi connectivity index (χ4n) is 2.14. The third-order valence-corrected chi connectivity index (χ3v) is 2.97. The van der Waals surface area contributed by atoms with Crippen LogP contribution in [-0.2, 0) is 9.53 Å². The Bertz CT molecular complexity index is 256. The van der Waals surface area contributed by atoms with Crippen molar-refractivity contribution in [1.82, 2.24) is 5.32 Å². The highest BCUT2D eigenvalue weighted by Crippen LogP contribution is 2.37. The molecule has 1 saturated carbocycles.